The molecule has 7 nitrogen and oxygen atoms in total. The number of carbonyl (C=O) groups is 1. The van der Waals surface area contributed by atoms with Crippen LogP contribution in [0.25, 0.3) is 0 Å². The fraction of sp³-hybridized carbons (Fsp3) is 0.500. The zero-order valence-electron chi connectivity index (χ0n) is 11.8. The summed E-state index contributed by atoms with van der Waals surface area (Å²) in [7, 11) is 0. The first-order chi connectivity index (χ1) is 10.0. The molecule has 0 unspecified atom stereocenters. The van der Waals surface area contributed by atoms with Gasteiger partial charge in [0.15, 0.2) is 0 Å². The van der Waals surface area contributed by atoms with Gasteiger partial charge in [-0.2, -0.15) is 0 Å². The second kappa shape index (κ2) is 6.53. The molecule has 1 amide bonds. The minimum absolute atomic E-state index is 0.0149. The van der Waals surface area contributed by atoms with Gasteiger partial charge in [-0.1, -0.05) is 6.07 Å². The number of aliphatic hydroxyl groups is 1. The van der Waals surface area contributed by atoms with Crippen molar-refractivity contribution in [3.05, 3.63) is 33.9 Å². The molecule has 1 aromatic carbocycles. The number of benzene rings is 1. The van der Waals surface area contributed by atoms with Crippen LogP contribution >= 0.6 is 0 Å². The van der Waals surface area contributed by atoms with Crippen LogP contribution in [0.5, 0.6) is 5.75 Å². The van der Waals surface area contributed by atoms with Crippen molar-refractivity contribution in [2.45, 2.75) is 25.9 Å². The van der Waals surface area contributed by atoms with E-state index in [0.29, 0.717) is 25.9 Å². The quantitative estimate of drug-likeness (QED) is 0.672. The van der Waals surface area contributed by atoms with E-state index >= 15 is 0 Å². The maximum absolute atomic E-state index is 12.5. The number of amides is 1. The van der Waals surface area contributed by atoms with Crippen molar-refractivity contribution in [2.24, 2.45) is 0 Å². The van der Waals surface area contributed by atoms with Crippen molar-refractivity contribution in [2.75, 3.05) is 19.7 Å². The van der Waals surface area contributed by atoms with Gasteiger partial charge in [-0.15, -0.1) is 0 Å². The zero-order valence-corrected chi connectivity index (χ0v) is 11.8. The van der Waals surface area contributed by atoms with Gasteiger partial charge in [0.1, 0.15) is 0 Å². The first-order valence-electron chi connectivity index (χ1n) is 6.92. The normalized spacial score (nSPS) is 15.8. The van der Waals surface area contributed by atoms with Crippen LogP contribution in [0.15, 0.2) is 18.2 Å². The maximum Gasteiger partial charge on any atom is 0.311 e. The lowest BCUT2D eigenvalue weighted by Gasteiger charge is -2.30. The Morgan fingerprint density at radius 1 is 1.48 bits per heavy atom. The fourth-order valence-electron chi connectivity index (χ4n) is 2.37. The first kappa shape index (κ1) is 15.2. The summed E-state index contributed by atoms with van der Waals surface area (Å²) < 4.78 is 5.32. The van der Waals surface area contributed by atoms with Crippen molar-refractivity contribution in [1.29, 1.82) is 0 Å². The Labute approximate surface area is 122 Å². The molecule has 0 atom stereocenters. The van der Waals surface area contributed by atoms with Crippen molar-refractivity contribution in [1.82, 2.24) is 4.90 Å². The Hall–Kier alpha value is -2.15. The summed E-state index contributed by atoms with van der Waals surface area (Å²) in [6.45, 7) is 2.83. The summed E-state index contributed by atoms with van der Waals surface area (Å²) in [6, 6.07) is 4.33. The van der Waals surface area contributed by atoms with Gasteiger partial charge in [0.2, 0.25) is 5.75 Å². The molecule has 0 aliphatic carbocycles. The van der Waals surface area contributed by atoms with Crippen LogP contribution < -0.4 is 4.74 Å². The molecule has 1 heterocycles. The van der Waals surface area contributed by atoms with Crippen LogP contribution in [-0.4, -0.2) is 46.6 Å². The van der Waals surface area contributed by atoms with Gasteiger partial charge >= 0.3 is 5.69 Å². The zero-order chi connectivity index (χ0) is 15.4. The molecular formula is C14H18N2O5. The third-order valence-corrected chi connectivity index (χ3v) is 3.46. The molecule has 1 fully saturated rings. The van der Waals surface area contributed by atoms with Gasteiger partial charge in [0, 0.05) is 19.2 Å². The molecule has 114 valence electrons. The first-order valence-corrected chi connectivity index (χ1v) is 6.92. The maximum atomic E-state index is 12.5. The van der Waals surface area contributed by atoms with E-state index in [2.05, 4.69) is 0 Å². The molecule has 7 heteroatoms. The molecule has 1 N–H and O–H groups in total. The fourth-order valence-corrected chi connectivity index (χ4v) is 2.37. The van der Waals surface area contributed by atoms with Gasteiger partial charge in [0.25, 0.3) is 5.91 Å². The molecule has 2 rings (SSSR count). The van der Waals surface area contributed by atoms with Crippen LogP contribution in [0.2, 0.25) is 0 Å². The highest BCUT2D eigenvalue weighted by Crippen LogP contribution is 2.32. The van der Waals surface area contributed by atoms with Gasteiger partial charge < -0.3 is 14.7 Å². The number of likely N-dealkylation sites (tertiary alicyclic amines) is 1. The average molecular weight is 294 g/mol. The van der Waals surface area contributed by atoms with E-state index in [4.69, 9.17) is 4.74 Å². The highest BCUT2D eigenvalue weighted by molar-refractivity contribution is 5.98. The molecule has 0 bridgehead atoms. The Bertz CT molecular complexity index is 538. The molecule has 1 aliphatic heterocycles. The smallest absolute Gasteiger partial charge is 0.311 e. The summed E-state index contributed by atoms with van der Waals surface area (Å²) in [4.78, 5) is 24.6. The van der Waals surface area contributed by atoms with Crippen LogP contribution in [0.1, 0.15) is 30.1 Å². The second-order valence-corrected chi connectivity index (χ2v) is 4.87. The number of ether oxygens (including phenoxy) is 1. The molecule has 0 radical (unpaired) electrons. The monoisotopic (exact) mass is 294 g/mol. The minimum atomic E-state index is -0.554. The van der Waals surface area contributed by atoms with Crippen LogP contribution in [0, 0.1) is 10.1 Å². The Balaban J connectivity index is 2.31. The van der Waals surface area contributed by atoms with Crippen molar-refractivity contribution < 1.29 is 19.6 Å². The summed E-state index contributed by atoms with van der Waals surface area (Å²) in [5.41, 5.74) is -0.0119. The van der Waals surface area contributed by atoms with E-state index in [-0.39, 0.29) is 35.6 Å². The number of nitro groups is 1. The number of carbonyl (C=O) groups excluding carboxylic acids is 1. The minimum Gasteiger partial charge on any atom is -0.487 e. The number of nitro benzene ring substituents is 1. The number of rotatable bonds is 4. The molecule has 1 aromatic rings. The number of piperidine rings is 1. The van der Waals surface area contributed by atoms with E-state index in [1.807, 2.05) is 0 Å². The van der Waals surface area contributed by atoms with Gasteiger partial charge in [-0.05, 0) is 25.8 Å². The SMILES string of the molecule is CCOc1c(C(=O)N2CCC(O)CC2)cccc1[N+](=O)[O-]. The highest BCUT2D eigenvalue weighted by atomic mass is 16.6. The van der Waals surface area contributed by atoms with Crippen molar-refractivity contribution >= 4 is 11.6 Å². The van der Waals surface area contributed by atoms with Gasteiger partial charge in [-0.3, -0.25) is 14.9 Å². The van der Waals surface area contributed by atoms with Crippen LogP contribution in [-0.2, 0) is 0 Å². The number of para-hydroxylation sites is 1. The van der Waals surface area contributed by atoms with E-state index in [0.717, 1.165) is 0 Å². The van der Waals surface area contributed by atoms with Crippen LogP contribution in [0.4, 0.5) is 5.69 Å². The summed E-state index contributed by atoms with van der Waals surface area (Å²) in [6.07, 6.45) is 0.653. The Morgan fingerprint density at radius 2 is 2.14 bits per heavy atom. The highest BCUT2D eigenvalue weighted by Gasteiger charge is 2.28. The lowest BCUT2D eigenvalue weighted by Crippen LogP contribution is -2.40. The van der Waals surface area contributed by atoms with Crippen LogP contribution in [0.3, 0.4) is 0 Å². The molecule has 1 saturated heterocycles. The standard InChI is InChI=1S/C14H18N2O5/c1-2-21-13-11(4-3-5-12(13)16(19)20)14(18)15-8-6-10(17)7-9-15/h3-5,10,17H,2,6-9H2,1H3. The van der Waals surface area contributed by atoms with E-state index in [1.165, 1.54) is 18.2 Å². The third kappa shape index (κ3) is 3.30. The number of hydrogen-bond acceptors (Lipinski definition) is 5. The molecule has 0 aromatic heterocycles. The van der Waals surface area contributed by atoms with Crippen molar-refractivity contribution in [3.8, 4) is 5.75 Å². The van der Waals surface area contributed by atoms with Gasteiger partial charge in [0.05, 0.1) is 23.2 Å². The largest absolute Gasteiger partial charge is 0.487 e. The summed E-state index contributed by atoms with van der Waals surface area (Å²) >= 11 is 0. The Morgan fingerprint density at radius 3 is 2.71 bits per heavy atom. The summed E-state index contributed by atoms with van der Waals surface area (Å²) in [5.74, 6) is -0.282. The lowest BCUT2D eigenvalue weighted by molar-refractivity contribution is -0.385. The lowest BCUT2D eigenvalue weighted by atomic mass is 10.1. The molecular weight excluding hydrogens is 276 g/mol. The van der Waals surface area contributed by atoms with Crippen molar-refractivity contribution in [3.63, 3.8) is 0 Å². The van der Waals surface area contributed by atoms with E-state index in [9.17, 15) is 20.0 Å². The predicted molar refractivity (Wildman–Crippen MR) is 75.4 cm³/mol. The third-order valence-electron chi connectivity index (χ3n) is 3.46. The Kier molecular flexibility index (Phi) is 4.74. The molecule has 0 saturated carbocycles. The summed E-state index contributed by atoms with van der Waals surface area (Å²) in [5, 5.41) is 20.5. The van der Waals surface area contributed by atoms with Gasteiger partial charge in [-0.25, -0.2) is 0 Å². The number of aliphatic hydroxyl groups excluding tert-OH is 1. The van der Waals surface area contributed by atoms with E-state index in [1.54, 1.807) is 11.8 Å². The predicted octanol–water partition coefficient (Wildman–Crippen LogP) is 1.59. The van der Waals surface area contributed by atoms with E-state index < -0.39 is 4.92 Å². The average Bonchev–Trinajstić information content (AvgIpc) is 2.47. The number of nitrogens with zero attached hydrogens (tertiary/aromatic N) is 2. The number of hydrogen-bond donors (Lipinski definition) is 1. The second-order valence-electron chi connectivity index (χ2n) is 4.87. The molecule has 21 heavy (non-hydrogen) atoms. The molecule has 1 aliphatic rings. The molecule has 0 spiro atoms. The topological polar surface area (TPSA) is 92.9 Å².